The smallest absolute Gasteiger partial charge is 0.239 e. The average molecular weight is 328 g/mol. The molecule has 1 unspecified atom stereocenters. The van der Waals surface area contributed by atoms with Gasteiger partial charge in [0.2, 0.25) is 17.7 Å². The van der Waals surface area contributed by atoms with Gasteiger partial charge in [0.05, 0.1) is 13.2 Å². The molecule has 2 saturated heterocycles. The summed E-state index contributed by atoms with van der Waals surface area (Å²) in [5.41, 5.74) is 0. The molecule has 1 atom stereocenters. The highest BCUT2D eigenvalue weighted by Gasteiger charge is 2.29. The summed E-state index contributed by atoms with van der Waals surface area (Å²) in [6.07, 6.45) is 3.74. The van der Waals surface area contributed by atoms with Gasteiger partial charge in [-0.05, 0) is 19.4 Å². The van der Waals surface area contributed by atoms with Crippen molar-refractivity contribution in [1.29, 1.82) is 0 Å². The SMILES string of the molecule is COc1ccnc(N2CCN(C(=O)C3CCCN3)CC2)n1.Cl. The second-order valence-corrected chi connectivity index (χ2v) is 5.36. The number of nitrogens with one attached hydrogen (secondary N) is 1. The third-order valence-corrected chi connectivity index (χ3v) is 4.06. The molecule has 0 aliphatic carbocycles. The quantitative estimate of drug-likeness (QED) is 0.861. The molecule has 0 radical (unpaired) electrons. The van der Waals surface area contributed by atoms with E-state index in [0.717, 1.165) is 45.6 Å². The zero-order chi connectivity index (χ0) is 14.7. The minimum atomic E-state index is 0. The number of nitrogens with zero attached hydrogens (tertiary/aromatic N) is 4. The van der Waals surface area contributed by atoms with Crippen LogP contribution in [0.5, 0.6) is 5.88 Å². The number of methoxy groups -OCH3 is 1. The third-order valence-electron chi connectivity index (χ3n) is 4.06. The van der Waals surface area contributed by atoms with Gasteiger partial charge in [0.15, 0.2) is 0 Å². The van der Waals surface area contributed by atoms with Gasteiger partial charge >= 0.3 is 0 Å². The Morgan fingerprint density at radius 1 is 1.36 bits per heavy atom. The molecule has 0 aromatic carbocycles. The van der Waals surface area contributed by atoms with Gasteiger partial charge in [-0.3, -0.25) is 4.79 Å². The summed E-state index contributed by atoms with van der Waals surface area (Å²) < 4.78 is 5.12. The van der Waals surface area contributed by atoms with E-state index in [1.807, 2.05) is 4.90 Å². The number of hydrogen-bond donors (Lipinski definition) is 1. The van der Waals surface area contributed by atoms with Gasteiger partial charge in [-0.2, -0.15) is 4.98 Å². The van der Waals surface area contributed by atoms with Crippen LogP contribution in [0.1, 0.15) is 12.8 Å². The van der Waals surface area contributed by atoms with Crippen LogP contribution in [0, 0.1) is 0 Å². The molecule has 8 heteroatoms. The molecular formula is C14H22ClN5O2. The van der Waals surface area contributed by atoms with Gasteiger partial charge in [-0.25, -0.2) is 4.98 Å². The summed E-state index contributed by atoms with van der Waals surface area (Å²) in [5, 5.41) is 3.27. The van der Waals surface area contributed by atoms with Crippen molar-refractivity contribution in [3.8, 4) is 5.88 Å². The van der Waals surface area contributed by atoms with Gasteiger partial charge < -0.3 is 19.9 Å². The number of anilines is 1. The van der Waals surface area contributed by atoms with E-state index in [0.29, 0.717) is 11.8 Å². The van der Waals surface area contributed by atoms with E-state index in [9.17, 15) is 4.79 Å². The topological polar surface area (TPSA) is 70.6 Å². The molecule has 1 aromatic rings. The molecule has 1 amide bonds. The lowest BCUT2D eigenvalue weighted by Gasteiger charge is -2.35. The molecule has 2 aliphatic heterocycles. The van der Waals surface area contributed by atoms with E-state index < -0.39 is 0 Å². The van der Waals surface area contributed by atoms with Crippen molar-refractivity contribution in [2.24, 2.45) is 0 Å². The Kier molecular flexibility index (Phi) is 5.79. The Morgan fingerprint density at radius 3 is 2.77 bits per heavy atom. The van der Waals surface area contributed by atoms with Crippen LogP contribution in [0.4, 0.5) is 5.95 Å². The second kappa shape index (κ2) is 7.60. The fourth-order valence-electron chi connectivity index (χ4n) is 2.84. The maximum absolute atomic E-state index is 12.3. The van der Waals surface area contributed by atoms with Gasteiger partial charge in [0, 0.05) is 38.4 Å². The third kappa shape index (κ3) is 3.59. The zero-order valence-corrected chi connectivity index (χ0v) is 13.5. The van der Waals surface area contributed by atoms with Crippen molar-refractivity contribution in [3.63, 3.8) is 0 Å². The van der Waals surface area contributed by atoms with E-state index in [1.165, 1.54) is 0 Å². The van der Waals surface area contributed by atoms with E-state index in [-0.39, 0.29) is 24.4 Å². The van der Waals surface area contributed by atoms with Crippen LogP contribution in [-0.2, 0) is 4.79 Å². The van der Waals surface area contributed by atoms with Crippen LogP contribution in [0.15, 0.2) is 12.3 Å². The minimum Gasteiger partial charge on any atom is -0.481 e. The van der Waals surface area contributed by atoms with E-state index in [1.54, 1.807) is 19.4 Å². The van der Waals surface area contributed by atoms with Crippen LogP contribution in [0.2, 0.25) is 0 Å². The van der Waals surface area contributed by atoms with Crippen LogP contribution >= 0.6 is 12.4 Å². The maximum atomic E-state index is 12.3. The first-order chi connectivity index (χ1) is 10.3. The average Bonchev–Trinajstić information content (AvgIpc) is 3.09. The minimum absolute atomic E-state index is 0. The highest BCUT2D eigenvalue weighted by Crippen LogP contribution is 2.16. The number of carbonyl (C=O) groups excluding carboxylic acids is 1. The van der Waals surface area contributed by atoms with Crippen molar-refractivity contribution in [1.82, 2.24) is 20.2 Å². The molecule has 0 saturated carbocycles. The summed E-state index contributed by atoms with van der Waals surface area (Å²) in [7, 11) is 1.59. The Bertz CT molecular complexity index is 502. The van der Waals surface area contributed by atoms with E-state index in [4.69, 9.17) is 4.74 Å². The Balaban J connectivity index is 0.00000176. The summed E-state index contributed by atoms with van der Waals surface area (Å²) in [6.45, 7) is 3.90. The van der Waals surface area contributed by atoms with Gasteiger partial charge in [-0.1, -0.05) is 0 Å². The van der Waals surface area contributed by atoms with Crippen molar-refractivity contribution in [2.75, 3.05) is 44.7 Å². The molecule has 22 heavy (non-hydrogen) atoms. The predicted octanol–water partition coefficient (Wildman–Crippen LogP) is 0.308. The highest BCUT2D eigenvalue weighted by atomic mass is 35.5. The van der Waals surface area contributed by atoms with Gasteiger partial charge in [0.25, 0.3) is 0 Å². The lowest BCUT2D eigenvalue weighted by molar-refractivity contribution is -0.133. The maximum Gasteiger partial charge on any atom is 0.239 e. The molecule has 0 spiro atoms. The van der Waals surface area contributed by atoms with Crippen molar-refractivity contribution < 1.29 is 9.53 Å². The number of aromatic nitrogens is 2. The van der Waals surface area contributed by atoms with Gasteiger partial charge in [-0.15, -0.1) is 12.4 Å². The summed E-state index contributed by atoms with van der Waals surface area (Å²) in [5.74, 6) is 1.47. The molecule has 7 nitrogen and oxygen atoms in total. The number of halogens is 1. The lowest BCUT2D eigenvalue weighted by Crippen LogP contribution is -2.53. The molecule has 0 bridgehead atoms. The van der Waals surface area contributed by atoms with Gasteiger partial charge in [0.1, 0.15) is 0 Å². The molecular weight excluding hydrogens is 306 g/mol. The Hall–Kier alpha value is -1.60. The number of hydrogen-bond acceptors (Lipinski definition) is 6. The van der Waals surface area contributed by atoms with Crippen molar-refractivity contribution >= 4 is 24.3 Å². The fraction of sp³-hybridized carbons (Fsp3) is 0.643. The molecule has 1 N–H and O–H groups in total. The fourth-order valence-corrected chi connectivity index (χ4v) is 2.84. The van der Waals surface area contributed by atoms with Crippen LogP contribution in [0.25, 0.3) is 0 Å². The molecule has 122 valence electrons. The lowest BCUT2D eigenvalue weighted by atomic mass is 10.2. The number of ether oxygens (including phenoxy) is 1. The first kappa shape index (κ1) is 16.8. The molecule has 2 aliphatic rings. The van der Waals surface area contributed by atoms with Crippen LogP contribution < -0.4 is 15.0 Å². The van der Waals surface area contributed by atoms with Crippen molar-refractivity contribution in [2.45, 2.75) is 18.9 Å². The highest BCUT2D eigenvalue weighted by molar-refractivity contribution is 5.85. The first-order valence-corrected chi connectivity index (χ1v) is 7.42. The number of amides is 1. The van der Waals surface area contributed by atoms with E-state index in [2.05, 4.69) is 20.2 Å². The predicted molar refractivity (Wildman–Crippen MR) is 85.6 cm³/mol. The Morgan fingerprint density at radius 2 is 2.14 bits per heavy atom. The largest absolute Gasteiger partial charge is 0.481 e. The molecule has 1 aromatic heterocycles. The van der Waals surface area contributed by atoms with Crippen LogP contribution in [-0.4, -0.2) is 66.7 Å². The second-order valence-electron chi connectivity index (χ2n) is 5.36. The first-order valence-electron chi connectivity index (χ1n) is 7.42. The normalized spacial score (nSPS) is 21.4. The summed E-state index contributed by atoms with van der Waals surface area (Å²) in [4.78, 5) is 25.0. The monoisotopic (exact) mass is 327 g/mol. The number of piperazine rings is 1. The van der Waals surface area contributed by atoms with E-state index >= 15 is 0 Å². The standard InChI is InChI=1S/C14H21N5O2.ClH/c1-21-12-4-6-16-14(17-12)19-9-7-18(8-10-19)13(20)11-3-2-5-15-11;/h4,6,11,15H,2-3,5,7-10H2,1H3;1H. The van der Waals surface area contributed by atoms with Crippen LogP contribution in [0.3, 0.4) is 0 Å². The molecule has 2 fully saturated rings. The number of rotatable bonds is 3. The molecule has 3 rings (SSSR count). The van der Waals surface area contributed by atoms with Crippen molar-refractivity contribution in [3.05, 3.63) is 12.3 Å². The Labute approximate surface area is 136 Å². The zero-order valence-electron chi connectivity index (χ0n) is 12.7. The summed E-state index contributed by atoms with van der Waals surface area (Å²) >= 11 is 0. The molecule has 3 heterocycles. The summed E-state index contributed by atoms with van der Waals surface area (Å²) in [6, 6.07) is 1.75. The number of carbonyl (C=O) groups is 1.